The number of aromatic nitrogens is 1. The summed E-state index contributed by atoms with van der Waals surface area (Å²) < 4.78 is 33.4. The van der Waals surface area contributed by atoms with E-state index in [1.54, 1.807) is 29.5 Å². The summed E-state index contributed by atoms with van der Waals surface area (Å²) in [4.78, 5) is 4.05. The van der Waals surface area contributed by atoms with Crippen molar-refractivity contribution in [2.75, 3.05) is 0 Å². The Balaban J connectivity index is 1.62. The average molecular weight is 398 g/mol. The second-order valence-corrected chi connectivity index (χ2v) is 7.14. The third-order valence-electron chi connectivity index (χ3n) is 4.99. The van der Waals surface area contributed by atoms with Crippen LogP contribution < -0.4 is 4.74 Å². The lowest BCUT2D eigenvalue weighted by atomic mass is 9.96. The lowest BCUT2D eigenvalue weighted by molar-refractivity contribution is -0.0192. The minimum atomic E-state index is -0.919. The van der Waals surface area contributed by atoms with Gasteiger partial charge in [-0.15, -0.1) is 0 Å². The predicted molar refractivity (Wildman–Crippen MR) is 101 cm³/mol. The molecule has 0 spiro atoms. The maximum absolute atomic E-state index is 13.9. The Bertz CT molecular complexity index is 1090. The molecule has 0 fully saturated rings. The molecule has 7 heteroatoms. The van der Waals surface area contributed by atoms with Crippen LogP contribution in [0.3, 0.4) is 0 Å². The fourth-order valence-electron chi connectivity index (χ4n) is 3.66. The highest BCUT2D eigenvalue weighted by atomic mass is 35.5. The average Bonchev–Trinajstić information content (AvgIpc) is 3.16. The van der Waals surface area contributed by atoms with E-state index in [1.807, 2.05) is 18.2 Å². The molecule has 0 radical (unpaired) electrons. The zero-order valence-corrected chi connectivity index (χ0v) is 15.3. The van der Waals surface area contributed by atoms with Crippen LogP contribution in [0.1, 0.15) is 35.4 Å². The standard InChI is InChI=1S/C21H14ClF2N3O/c22-14-2-4-20-15(10-14)19-11-18(12-5-7-25-8-6-12)26-27(19)21(28-20)13-1-3-16(23)17(24)9-13/h1-10,19,21H,11H2. The number of halogens is 3. The molecule has 2 aromatic carbocycles. The minimum Gasteiger partial charge on any atom is -0.464 e. The molecule has 4 nitrogen and oxygen atoms in total. The fraction of sp³-hybridized carbons (Fsp3) is 0.143. The van der Waals surface area contributed by atoms with E-state index in [0.29, 0.717) is 22.8 Å². The third kappa shape index (κ3) is 2.81. The Labute approximate surface area is 165 Å². The molecule has 1 aromatic heterocycles. The largest absolute Gasteiger partial charge is 0.464 e. The second kappa shape index (κ2) is 6.56. The number of fused-ring (bicyclic) bond motifs is 3. The lowest BCUT2D eigenvalue weighted by Gasteiger charge is -2.38. The van der Waals surface area contributed by atoms with Crippen molar-refractivity contribution in [2.45, 2.75) is 18.7 Å². The van der Waals surface area contributed by atoms with Gasteiger partial charge in [0.25, 0.3) is 0 Å². The first-order valence-electron chi connectivity index (χ1n) is 8.77. The number of benzene rings is 2. The van der Waals surface area contributed by atoms with Gasteiger partial charge >= 0.3 is 0 Å². The van der Waals surface area contributed by atoms with Crippen LogP contribution in [0.15, 0.2) is 66.0 Å². The van der Waals surface area contributed by atoms with Crippen LogP contribution in [0.25, 0.3) is 0 Å². The van der Waals surface area contributed by atoms with Gasteiger partial charge in [-0.3, -0.25) is 4.98 Å². The molecule has 0 N–H and O–H groups in total. The zero-order valence-electron chi connectivity index (χ0n) is 14.5. The van der Waals surface area contributed by atoms with Crippen molar-refractivity contribution in [2.24, 2.45) is 5.10 Å². The van der Waals surface area contributed by atoms with Crippen molar-refractivity contribution in [3.8, 4) is 5.75 Å². The van der Waals surface area contributed by atoms with Gasteiger partial charge < -0.3 is 4.74 Å². The topological polar surface area (TPSA) is 37.7 Å². The molecule has 0 saturated heterocycles. The Morgan fingerprint density at radius 2 is 1.82 bits per heavy atom. The highest BCUT2D eigenvalue weighted by Crippen LogP contribution is 2.48. The molecule has 3 aromatic rings. The van der Waals surface area contributed by atoms with Crippen molar-refractivity contribution in [3.63, 3.8) is 0 Å². The van der Waals surface area contributed by atoms with Gasteiger partial charge in [-0.25, -0.2) is 13.8 Å². The lowest BCUT2D eigenvalue weighted by Crippen LogP contribution is -2.33. The summed E-state index contributed by atoms with van der Waals surface area (Å²) >= 11 is 6.20. The summed E-state index contributed by atoms with van der Waals surface area (Å²) in [6.07, 6.45) is 3.39. The molecular formula is C21H14ClF2N3O. The normalized spacial score (nSPS) is 20.2. The van der Waals surface area contributed by atoms with Crippen LogP contribution in [-0.2, 0) is 0 Å². The van der Waals surface area contributed by atoms with Crippen molar-refractivity contribution in [3.05, 3.63) is 94.3 Å². The van der Waals surface area contributed by atoms with Crippen molar-refractivity contribution in [1.82, 2.24) is 9.99 Å². The number of pyridine rings is 1. The monoisotopic (exact) mass is 397 g/mol. The molecular weight excluding hydrogens is 384 g/mol. The molecule has 2 aliphatic heterocycles. The Hall–Kier alpha value is -2.99. The summed E-state index contributed by atoms with van der Waals surface area (Å²) in [6, 6.07) is 12.8. The molecule has 0 aliphatic carbocycles. The van der Waals surface area contributed by atoms with E-state index in [-0.39, 0.29) is 6.04 Å². The highest BCUT2D eigenvalue weighted by molar-refractivity contribution is 6.30. The molecule has 2 unspecified atom stereocenters. The quantitative estimate of drug-likeness (QED) is 0.592. The van der Waals surface area contributed by atoms with Gasteiger partial charge in [-0.2, -0.15) is 5.10 Å². The first kappa shape index (κ1) is 17.1. The SMILES string of the molecule is Fc1ccc(C2Oc3ccc(Cl)cc3C3CC(c4ccncc4)=NN32)cc1F. The Kier molecular flexibility index (Phi) is 4.02. The van der Waals surface area contributed by atoms with Crippen LogP contribution in [-0.4, -0.2) is 15.7 Å². The number of ether oxygens (including phenoxy) is 1. The van der Waals surface area contributed by atoms with Crippen molar-refractivity contribution in [1.29, 1.82) is 0 Å². The van der Waals surface area contributed by atoms with E-state index < -0.39 is 17.9 Å². The van der Waals surface area contributed by atoms with Crippen LogP contribution in [0.5, 0.6) is 5.75 Å². The molecule has 0 saturated carbocycles. The number of hydrogen-bond donors (Lipinski definition) is 0. The number of hydrogen-bond acceptors (Lipinski definition) is 4. The molecule has 0 amide bonds. The summed E-state index contributed by atoms with van der Waals surface area (Å²) in [5, 5.41) is 7.15. The minimum absolute atomic E-state index is 0.122. The maximum Gasteiger partial charge on any atom is 0.213 e. The van der Waals surface area contributed by atoms with E-state index >= 15 is 0 Å². The predicted octanol–water partition coefficient (Wildman–Crippen LogP) is 5.26. The van der Waals surface area contributed by atoms with Crippen LogP contribution in [0.4, 0.5) is 8.78 Å². The maximum atomic E-state index is 13.9. The number of nitrogens with zero attached hydrogens (tertiary/aromatic N) is 3. The molecule has 28 heavy (non-hydrogen) atoms. The molecule has 2 atom stereocenters. The number of rotatable bonds is 2. The van der Waals surface area contributed by atoms with Gasteiger partial charge in [0.2, 0.25) is 6.23 Å². The van der Waals surface area contributed by atoms with Gasteiger partial charge in [0.05, 0.1) is 11.8 Å². The van der Waals surface area contributed by atoms with Crippen molar-refractivity contribution >= 4 is 17.3 Å². The van der Waals surface area contributed by atoms with E-state index in [1.165, 1.54) is 6.07 Å². The number of hydrazone groups is 1. The van der Waals surface area contributed by atoms with Gasteiger partial charge in [0.1, 0.15) is 5.75 Å². The van der Waals surface area contributed by atoms with Gasteiger partial charge in [-0.05, 0) is 42.5 Å². The van der Waals surface area contributed by atoms with Crippen molar-refractivity contribution < 1.29 is 13.5 Å². The summed E-state index contributed by atoms with van der Waals surface area (Å²) in [5.41, 5.74) is 3.23. The van der Waals surface area contributed by atoms with E-state index in [0.717, 1.165) is 29.0 Å². The van der Waals surface area contributed by atoms with E-state index in [9.17, 15) is 8.78 Å². The second-order valence-electron chi connectivity index (χ2n) is 6.71. The molecule has 2 aliphatic rings. The third-order valence-corrected chi connectivity index (χ3v) is 5.23. The van der Waals surface area contributed by atoms with Gasteiger partial charge in [0, 0.05) is 40.5 Å². The molecule has 3 heterocycles. The molecule has 0 bridgehead atoms. The van der Waals surface area contributed by atoms with E-state index in [2.05, 4.69) is 4.98 Å². The highest BCUT2D eigenvalue weighted by Gasteiger charge is 2.41. The first-order chi connectivity index (χ1) is 13.6. The zero-order chi connectivity index (χ0) is 19.3. The Morgan fingerprint density at radius 3 is 2.61 bits per heavy atom. The van der Waals surface area contributed by atoms with Crippen LogP contribution >= 0.6 is 11.6 Å². The summed E-state index contributed by atoms with van der Waals surface area (Å²) in [6.45, 7) is 0. The van der Waals surface area contributed by atoms with Gasteiger partial charge in [-0.1, -0.05) is 17.7 Å². The van der Waals surface area contributed by atoms with E-state index in [4.69, 9.17) is 21.4 Å². The summed E-state index contributed by atoms with van der Waals surface area (Å²) in [7, 11) is 0. The van der Waals surface area contributed by atoms with Crippen LogP contribution in [0.2, 0.25) is 5.02 Å². The first-order valence-corrected chi connectivity index (χ1v) is 9.15. The Morgan fingerprint density at radius 1 is 1.00 bits per heavy atom. The molecule has 140 valence electrons. The summed E-state index contributed by atoms with van der Waals surface area (Å²) in [5.74, 6) is -1.16. The smallest absolute Gasteiger partial charge is 0.213 e. The fourth-order valence-corrected chi connectivity index (χ4v) is 3.84. The van der Waals surface area contributed by atoms with Gasteiger partial charge in [0.15, 0.2) is 11.6 Å². The van der Waals surface area contributed by atoms with Crippen LogP contribution in [0, 0.1) is 11.6 Å². The molecule has 5 rings (SSSR count).